The number of H-pyrrole nitrogens is 1. The molecule has 9 N–H and O–H groups in total. The standard InChI is InChI=1S/C30H28ClN7O.C24H24ClN7O.2CH4.O2S/c31-25-17-34-30(36-21-8-6-7-20(15-21)35-29(39)26-14-13-19(32)16-33-26)37-28(25)24-18-38(22-9-2-1-3-10-22)27-12-5-4-11-23(24)27;25-19-13-29-24(32-22(19)18-12-28-20-7-2-1-6-17(18)20)31-16-5-3-4-15(10-16)30-23(33)21-9-8-14(26)11-27-21;;;1-3-2/h1-5,9-14,16-18,20-21H,6-8,15,32H2,(H,35,39)(H,34,36,37);1-2,6-9,11-13,15-16,28H,3-5,10,26H2,(H,30,33)(H,29,31,32);2*1H4;/t20-,21+;15-,16+;;;/m00.../s1. The molecule has 0 saturated heterocycles. The summed E-state index contributed by atoms with van der Waals surface area (Å²) in [5, 5.41) is 16.2. The second-order valence-electron chi connectivity index (χ2n) is 18.2. The van der Waals surface area contributed by atoms with E-state index in [0.717, 1.165) is 90.0 Å². The molecule has 0 aliphatic heterocycles. The number of carbonyl (C=O) groups is 2. The highest BCUT2D eigenvalue weighted by Gasteiger charge is 2.27. The summed E-state index contributed by atoms with van der Waals surface area (Å²) >= 11 is 12.4. The molecule has 11 rings (SSSR count). The molecule has 4 atom stereocenters. The molecular weight excluding hydrogens is 1040 g/mol. The number of nitrogens with two attached hydrogens (primary N) is 2. The number of fused-ring (bicyclic) bond motifs is 2. The molecule has 2 saturated carbocycles. The summed E-state index contributed by atoms with van der Waals surface area (Å²) < 4.78 is 18.7. The summed E-state index contributed by atoms with van der Waals surface area (Å²) in [7, 11) is 0. The number of aromatic nitrogens is 8. The van der Waals surface area contributed by atoms with Crippen LogP contribution in [0.2, 0.25) is 10.0 Å². The van der Waals surface area contributed by atoms with Gasteiger partial charge in [-0.1, -0.05) is 92.7 Å². The lowest BCUT2D eigenvalue weighted by molar-refractivity contribution is 0.0913. The van der Waals surface area contributed by atoms with E-state index in [1.54, 1.807) is 36.7 Å². The summed E-state index contributed by atoms with van der Waals surface area (Å²) in [6, 6.07) is 33.4. The molecule has 0 radical (unpaired) electrons. The van der Waals surface area contributed by atoms with Crippen LogP contribution in [-0.4, -0.2) is 83.9 Å². The topological polar surface area (TPSA) is 266 Å². The number of nitrogens with zero attached hydrogens (tertiary/aromatic N) is 7. The lowest BCUT2D eigenvalue weighted by Crippen LogP contribution is -2.42. The smallest absolute Gasteiger partial charge is 0.335 e. The number of halogens is 2. The molecule has 18 nitrogen and oxygen atoms in total. The third-order valence-corrected chi connectivity index (χ3v) is 13.6. The van der Waals surface area contributed by atoms with Crippen molar-refractivity contribution in [1.82, 2.24) is 50.1 Å². The highest BCUT2D eigenvalue weighted by atomic mass is 35.5. The number of amides is 2. The molecule has 0 unspecified atom stereocenters. The number of nitrogens with one attached hydrogen (secondary N) is 5. The van der Waals surface area contributed by atoms with Crippen LogP contribution < -0.4 is 32.7 Å². The summed E-state index contributed by atoms with van der Waals surface area (Å²) in [5.74, 6) is 0.658. The van der Waals surface area contributed by atoms with E-state index in [2.05, 4.69) is 81.2 Å². The van der Waals surface area contributed by atoms with Crippen LogP contribution in [0.1, 0.15) is 87.2 Å². The molecule has 2 fully saturated rings. The zero-order valence-corrected chi connectivity index (χ0v) is 42.7. The van der Waals surface area contributed by atoms with E-state index in [1.165, 1.54) is 12.4 Å². The Balaban J connectivity index is 0.000000210. The maximum Gasteiger partial charge on any atom is 0.335 e. The van der Waals surface area contributed by atoms with Crippen LogP contribution in [0.15, 0.2) is 140 Å². The zero-order chi connectivity index (χ0) is 52.3. The minimum Gasteiger partial charge on any atom is -0.397 e. The van der Waals surface area contributed by atoms with Gasteiger partial charge < -0.3 is 42.3 Å². The number of hydrogen-bond acceptors (Lipinski definition) is 14. The fraction of sp³-hybridized carbons (Fsp3) is 0.250. The van der Waals surface area contributed by atoms with Gasteiger partial charge in [0.25, 0.3) is 11.8 Å². The predicted octanol–water partition coefficient (Wildman–Crippen LogP) is 10.9. The van der Waals surface area contributed by atoms with Gasteiger partial charge in [0.1, 0.15) is 11.4 Å². The zero-order valence-electron chi connectivity index (χ0n) is 40.3. The fourth-order valence-electron chi connectivity index (χ4n) is 9.56. The van der Waals surface area contributed by atoms with Gasteiger partial charge in [0.2, 0.25) is 11.9 Å². The largest absolute Gasteiger partial charge is 0.397 e. The minimum absolute atomic E-state index is 0. The third-order valence-electron chi connectivity index (χ3n) is 13.1. The first-order valence-corrected chi connectivity index (χ1v) is 25.7. The first kappa shape index (κ1) is 56.5. The van der Waals surface area contributed by atoms with Gasteiger partial charge >= 0.3 is 11.6 Å². The van der Waals surface area contributed by atoms with Crippen molar-refractivity contribution in [2.45, 2.75) is 90.4 Å². The van der Waals surface area contributed by atoms with Gasteiger partial charge in [-0.3, -0.25) is 9.59 Å². The molecule has 6 heterocycles. The van der Waals surface area contributed by atoms with Crippen LogP contribution in [0.4, 0.5) is 23.3 Å². The number of pyridine rings is 2. The quantitative estimate of drug-likeness (QED) is 0.0635. The third kappa shape index (κ3) is 14.0. The number of rotatable bonds is 11. The molecule has 9 aromatic rings. The molecule has 0 spiro atoms. The van der Waals surface area contributed by atoms with Crippen LogP contribution >= 0.6 is 23.2 Å². The maximum atomic E-state index is 12.7. The minimum atomic E-state index is -0.750. The average Bonchev–Trinajstić information content (AvgIpc) is 4.05. The van der Waals surface area contributed by atoms with Gasteiger partial charge in [-0.2, -0.15) is 8.42 Å². The lowest BCUT2D eigenvalue weighted by atomic mass is 9.91. The Labute approximate surface area is 459 Å². The number of hydrogen-bond donors (Lipinski definition) is 7. The molecule has 77 heavy (non-hydrogen) atoms. The van der Waals surface area contributed by atoms with E-state index < -0.39 is 11.6 Å². The molecule has 0 bridgehead atoms. The van der Waals surface area contributed by atoms with E-state index in [9.17, 15) is 9.59 Å². The Bertz CT molecular complexity index is 3470. The Kier molecular flexibility index (Phi) is 19.4. The van der Waals surface area contributed by atoms with Crippen molar-refractivity contribution in [3.63, 3.8) is 0 Å². The van der Waals surface area contributed by atoms with Crippen molar-refractivity contribution in [2.24, 2.45) is 0 Å². The Hall–Kier alpha value is -8.26. The number of para-hydroxylation sites is 3. The number of benzene rings is 3. The van der Waals surface area contributed by atoms with Crippen molar-refractivity contribution in [3.05, 3.63) is 162 Å². The molecule has 398 valence electrons. The van der Waals surface area contributed by atoms with Crippen molar-refractivity contribution in [1.29, 1.82) is 0 Å². The SMILES string of the molecule is C.C.Nc1ccc(C(=O)N[C@H]2CCC[C@@H](Nc3ncc(Cl)c(-c4c[nH]c5ccccc45)n3)C2)nc1.Nc1ccc(C(=O)N[C@H]2CCC[C@@H](Nc3ncc(Cl)c(-c4cn(-c5ccccc5)c5ccccc45)n3)C2)nc1.O=S=O. The molecule has 2 amide bonds. The fourth-order valence-corrected chi connectivity index (χ4v) is 9.94. The number of anilines is 4. The summed E-state index contributed by atoms with van der Waals surface area (Å²) in [6.07, 6.45) is 17.5. The summed E-state index contributed by atoms with van der Waals surface area (Å²) in [4.78, 5) is 55.1. The van der Waals surface area contributed by atoms with E-state index in [0.29, 0.717) is 56.1 Å². The van der Waals surface area contributed by atoms with Crippen LogP contribution in [0.3, 0.4) is 0 Å². The Morgan fingerprint density at radius 2 is 1.06 bits per heavy atom. The number of carbonyl (C=O) groups excluding carboxylic acids is 2. The molecule has 2 aliphatic carbocycles. The van der Waals surface area contributed by atoms with Crippen molar-refractivity contribution in [2.75, 3.05) is 22.1 Å². The second kappa shape index (κ2) is 26.5. The predicted molar refractivity (Wildman–Crippen MR) is 308 cm³/mol. The van der Waals surface area contributed by atoms with E-state index >= 15 is 0 Å². The van der Waals surface area contributed by atoms with Gasteiger partial charge in [-0.25, -0.2) is 29.9 Å². The highest BCUT2D eigenvalue weighted by Crippen LogP contribution is 2.36. The van der Waals surface area contributed by atoms with Crippen LogP contribution in [0.25, 0.3) is 50.0 Å². The van der Waals surface area contributed by atoms with Crippen LogP contribution in [-0.2, 0) is 11.6 Å². The monoisotopic (exact) mass is 1090 g/mol. The van der Waals surface area contributed by atoms with E-state index in [-0.39, 0.29) is 50.8 Å². The second-order valence-corrected chi connectivity index (χ2v) is 19.1. The average molecular weight is 1100 g/mol. The maximum absolute atomic E-state index is 12.7. The number of nitrogen functional groups attached to an aromatic ring is 2. The van der Waals surface area contributed by atoms with Gasteiger partial charge in [0.15, 0.2) is 0 Å². The van der Waals surface area contributed by atoms with Crippen LogP contribution in [0.5, 0.6) is 0 Å². The van der Waals surface area contributed by atoms with E-state index in [1.807, 2.05) is 60.8 Å². The van der Waals surface area contributed by atoms with Crippen LogP contribution in [0, 0.1) is 0 Å². The molecular formula is C56H60Cl2N14O4S. The lowest BCUT2D eigenvalue weighted by Gasteiger charge is -2.30. The highest BCUT2D eigenvalue weighted by molar-refractivity contribution is 7.51. The van der Waals surface area contributed by atoms with Gasteiger partial charge in [0, 0.05) is 69.7 Å². The van der Waals surface area contributed by atoms with Crippen molar-refractivity contribution >= 4 is 91.7 Å². The molecule has 21 heteroatoms. The van der Waals surface area contributed by atoms with Gasteiger partial charge in [-0.15, -0.1) is 0 Å². The summed E-state index contributed by atoms with van der Waals surface area (Å²) in [5.41, 5.74) is 19.5. The molecule has 3 aromatic carbocycles. The van der Waals surface area contributed by atoms with E-state index in [4.69, 9.17) is 53.1 Å². The number of aromatic amines is 1. The first-order valence-electron chi connectivity index (χ1n) is 24.3. The van der Waals surface area contributed by atoms with Crippen molar-refractivity contribution in [3.8, 4) is 28.2 Å². The molecule has 6 aromatic heterocycles. The molecule has 2 aliphatic rings. The Morgan fingerprint density at radius 3 is 1.60 bits per heavy atom. The Morgan fingerprint density at radius 1 is 0.584 bits per heavy atom. The summed E-state index contributed by atoms with van der Waals surface area (Å²) in [6.45, 7) is 0. The van der Waals surface area contributed by atoms with Crippen molar-refractivity contribution < 1.29 is 18.0 Å². The normalized spacial score (nSPS) is 16.6. The van der Waals surface area contributed by atoms with Gasteiger partial charge in [0.05, 0.1) is 63.1 Å². The first-order chi connectivity index (χ1) is 36.5. The van der Waals surface area contributed by atoms with Gasteiger partial charge in [-0.05, 0) is 99.9 Å².